The van der Waals surface area contributed by atoms with E-state index in [1.807, 2.05) is 30.3 Å². The number of β-amino-alcohol motifs (C(OH)–C–C–N with tert-alkyl or cyclic N) is 1. The van der Waals surface area contributed by atoms with Crippen LogP contribution >= 0.6 is 0 Å². The molecule has 3 rings (SSSR count). The second kappa shape index (κ2) is 7.03. The van der Waals surface area contributed by atoms with Gasteiger partial charge in [-0.3, -0.25) is 0 Å². The summed E-state index contributed by atoms with van der Waals surface area (Å²) >= 11 is 0. The number of carbonyl (C=O) groups excluding carboxylic acids is 1. The van der Waals surface area contributed by atoms with Gasteiger partial charge in [0.2, 0.25) is 0 Å². The van der Waals surface area contributed by atoms with Gasteiger partial charge in [-0.1, -0.05) is 36.4 Å². The van der Waals surface area contributed by atoms with Gasteiger partial charge in [0, 0.05) is 13.1 Å². The summed E-state index contributed by atoms with van der Waals surface area (Å²) in [5.74, 6) is 1.11. The maximum atomic E-state index is 12.0. The van der Waals surface area contributed by atoms with Crippen LogP contribution in [-0.4, -0.2) is 49.9 Å². The van der Waals surface area contributed by atoms with Crippen molar-refractivity contribution in [2.24, 2.45) is 0 Å². The van der Waals surface area contributed by atoms with Crippen molar-refractivity contribution < 1.29 is 19.4 Å². The number of methoxy groups -OCH3 is 2. The molecule has 1 heterocycles. The van der Waals surface area contributed by atoms with Crippen LogP contribution in [0.15, 0.2) is 48.5 Å². The van der Waals surface area contributed by atoms with Crippen LogP contribution in [0.2, 0.25) is 0 Å². The van der Waals surface area contributed by atoms with Crippen LogP contribution in [0.25, 0.3) is 0 Å². The molecule has 1 aliphatic heterocycles. The highest BCUT2D eigenvalue weighted by Gasteiger charge is 2.37. The Morgan fingerprint density at radius 3 is 2.40 bits per heavy atom. The monoisotopic (exact) mass is 342 g/mol. The third-order valence-corrected chi connectivity index (χ3v) is 4.48. The van der Waals surface area contributed by atoms with Crippen LogP contribution in [0.3, 0.4) is 0 Å². The maximum Gasteiger partial charge on any atom is 0.317 e. The fourth-order valence-electron chi connectivity index (χ4n) is 3.09. The quantitative estimate of drug-likeness (QED) is 0.842. The summed E-state index contributed by atoms with van der Waals surface area (Å²) in [5.41, 5.74) is -0.0133. The zero-order chi connectivity index (χ0) is 17.9. The highest BCUT2D eigenvalue weighted by atomic mass is 16.5. The molecule has 0 bridgehead atoms. The van der Waals surface area contributed by atoms with E-state index in [-0.39, 0.29) is 12.6 Å². The molecule has 25 heavy (non-hydrogen) atoms. The Kier molecular flexibility index (Phi) is 4.81. The van der Waals surface area contributed by atoms with E-state index in [2.05, 4.69) is 5.32 Å². The molecule has 1 saturated heterocycles. The molecular weight excluding hydrogens is 320 g/mol. The molecule has 0 saturated carbocycles. The molecule has 6 nitrogen and oxygen atoms in total. The third kappa shape index (κ3) is 3.25. The minimum absolute atomic E-state index is 0.151. The third-order valence-electron chi connectivity index (χ3n) is 4.48. The SMILES string of the molecule is COc1ccc(C(O)(CN2CCNC2=O)c2ccccc2)cc1OC. The first-order chi connectivity index (χ1) is 12.1. The molecule has 6 heteroatoms. The van der Waals surface area contributed by atoms with E-state index in [1.54, 1.807) is 37.3 Å². The molecule has 0 aliphatic carbocycles. The second-order valence-corrected chi connectivity index (χ2v) is 5.95. The lowest BCUT2D eigenvalue weighted by atomic mass is 9.85. The van der Waals surface area contributed by atoms with E-state index in [4.69, 9.17) is 9.47 Å². The van der Waals surface area contributed by atoms with Crippen molar-refractivity contribution in [1.29, 1.82) is 0 Å². The van der Waals surface area contributed by atoms with Gasteiger partial charge in [-0.25, -0.2) is 4.79 Å². The van der Waals surface area contributed by atoms with E-state index in [1.165, 1.54) is 0 Å². The van der Waals surface area contributed by atoms with Crippen LogP contribution in [0.1, 0.15) is 11.1 Å². The molecule has 2 aromatic rings. The van der Waals surface area contributed by atoms with Gasteiger partial charge in [0.15, 0.2) is 11.5 Å². The number of urea groups is 1. The average Bonchev–Trinajstić information content (AvgIpc) is 3.06. The lowest BCUT2D eigenvalue weighted by Gasteiger charge is -2.33. The number of hydrogen-bond acceptors (Lipinski definition) is 4. The summed E-state index contributed by atoms with van der Waals surface area (Å²) in [5, 5.41) is 14.4. The number of hydrogen-bond donors (Lipinski definition) is 2. The van der Waals surface area contributed by atoms with Crippen molar-refractivity contribution in [3.63, 3.8) is 0 Å². The average molecular weight is 342 g/mol. The van der Waals surface area contributed by atoms with Gasteiger partial charge < -0.3 is 24.8 Å². The van der Waals surface area contributed by atoms with Gasteiger partial charge in [-0.2, -0.15) is 0 Å². The first-order valence-corrected chi connectivity index (χ1v) is 8.11. The predicted molar refractivity (Wildman–Crippen MR) is 94.0 cm³/mol. The van der Waals surface area contributed by atoms with E-state index in [0.29, 0.717) is 35.7 Å². The van der Waals surface area contributed by atoms with Crippen LogP contribution in [0, 0.1) is 0 Å². The fourth-order valence-corrected chi connectivity index (χ4v) is 3.09. The minimum Gasteiger partial charge on any atom is -0.493 e. The largest absolute Gasteiger partial charge is 0.493 e. The standard InChI is InChI=1S/C19H22N2O4/c1-24-16-9-8-15(12-17(16)25-2)19(23,14-6-4-3-5-7-14)13-21-11-10-20-18(21)22/h3-9,12,23H,10-11,13H2,1-2H3,(H,20,22). The molecule has 1 fully saturated rings. The van der Waals surface area contributed by atoms with Gasteiger partial charge in [0.25, 0.3) is 0 Å². The van der Waals surface area contributed by atoms with Gasteiger partial charge in [-0.15, -0.1) is 0 Å². The molecule has 0 spiro atoms. The molecule has 1 unspecified atom stereocenters. The lowest BCUT2D eigenvalue weighted by molar-refractivity contribution is 0.0518. The van der Waals surface area contributed by atoms with Gasteiger partial charge >= 0.3 is 6.03 Å². The summed E-state index contributed by atoms with van der Waals surface area (Å²) < 4.78 is 10.6. The number of aliphatic hydroxyl groups is 1. The lowest BCUT2D eigenvalue weighted by Crippen LogP contribution is -2.43. The van der Waals surface area contributed by atoms with Crippen molar-refractivity contribution >= 4 is 6.03 Å². The van der Waals surface area contributed by atoms with Crippen LogP contribution in [-0.2, 0) is 5.60 Å². The molecule has 1 atom stereocenters. The highest BCUT2D eigenvalue weighted by molar-refractivity contribution is 5.76. The van der Waals surface area contributed by atoms with Gasteiger partial charge in [0.1, 0.15) is 5.60 Å². The van der Waals surface area contributed by atoms with Crippen molar-refractivity contribution in [2.75, 3.05) is 33.9 Å². The van der Waals surface area contributed by atoms with E-state index < -0.39 is 5.60 Å². The summed E-state index contributed by atoms with van der Waals surface area (Å²) in [6.07, 6.45) is 0. The number of carbonyl (C=O) groups is 1. The predicted octanol–water partition coefficient (Wildman–Crippen LogP) is 1.96. The Balaban J connectivity index is 2.06. The van der Waals surface area contributed by atoms with Crippen molar-refractivity contribution in [1.82, 2.24) is 10.2 Å². The maximum absolute atomic E-state index is 12.0. The summed E-state index contributed by atoms with van der Waals surface area (Å²) in [4.78, 5) is 13.6. The number of nitrogens with zero attached hydrogens (tertiary/aromatic N) is 1. The van der Waals surface area contributed by atoms with Crippen molar-refractivity contribution in [2.45, 2.75) is 5.60 Å². The van der Waals surface area contributed by atoms with Crippen LogP contribution < -0.4 is 14.8 Å². The summed E-state index contributed by atoms with van der Waals surface area (Å²) in [7, 11) is 3.12. The molecule has 0 aromatic heterocycles. The Morgan fingerprint density at radius 1 is 1.08 bits per heavy atom. The number of nitrogens with one attached hydrogen (secondary N) is 1. The molecular formula is C19H22N2O4. The Hall–Kier alpha value is -2.73. The van der Waals surface area contributed by atoms with E-state index >= 15 is 0 Å². The topological polar surface area (TPSA) is 71.0 Å². The van der Waals surface area contributed by atoms with Crippen LogP contribution in [0.5, 0.6) is 11.5 Å². The zero-order valence-corrected chi connectivity index (χ0v) is 14.4. The number of rotatable bonds is 6. The summed E-state index contributed by atoms with van der Waals surface area (Å²) in [6.45, 7) is 1.29. The second-order valence-electron chi connectivity index (χ2n) is 5.95. The molecule has 0 radical (unpaired) electrons. The molecule has 132 valence electrons. The molecule has 2 aromatic carbocycles. The molecule has 2 amide bonds. The normalized spacial score (nSPS) is 16.3. The van der Waals surface area contributed by atoms with Gasteiger partial charge in [-0.05, 0) is 23.3 Å². The fraction of sp³-hybridized carbons (Fsp3) is 0.316. The number of benzene rings is 2. The Labute approximate surface area is 147 Å². The van der Waals surface area contributed by atoms with E-state index in [9.17, 15) is 9.90 Å². The van der Waals surface area contributed by atoms with Crippen molar-refractivity contribution in [3.8, 4) is 11.5 Å². The Morgan fingerprint density at radius 2 is 1.80 bits per heavy atom. The van der Waals surface area contributed by atoms with E-state index in [0.717, 1.165) is 0 Å². The molecule has 1 aliphatic rings. The van der Waals surface area contributed by atoms with Gasteiger partial charge in [0.05, 0.1) is 20.8 Å². The zero-order valence-electron chi connectivity index (χ0n) is 14.4. The van der Waals surface area contributed by atoms with Crippen molar-refractivity contribution in [3.05, 3.63) is 59.7 Å². The highest BCUT2D eigenvalue weighted by Crippen LogP contribution is 2.36. The summed E-state index contributed by atoms with van der Waals surface area (Å²) in [6, 6.07) is 14.5. The smallest absolute Gasteiger partial charge is 0.317 e. The first-order valence-electron chi connectivity index (χ1n) is 8.11. The Bertz CT molecular complexity index is 750. The minimum atomic E-state index is -1.36. The van der Waals surface area contributed by atoms with Crippen LogP contribution in [0.4, 0.5) is 4.79 Å². The molecule has 2 N–H and O–H groups in total. The number of ether oxygens (including phenoxy) is 2. The number of amides is 2. The first kappa shape index (κ1) is 17.1.